The van der Waals surface area contributed by atoms with E-state index in [2.05, 4.69) is 6.58 Å². The van der Waals surface area contributed by atoms with Gasteiger partial charge >= 0.3 is 11.9 Å². The fraction of sp³-hybridized carbons (Fsp3) is 0.714. The van der Waals surface area contributed by atoms with Crippen LogP contribution in [0.5, 0.6) is 0 Å². The second-order valence-electron chi connectivity index (χ2n) is 5.33. The Morgan fingerprint density at radius 2 is 1.80 bits per heavy atom. The molecule has 1 saturated carbocycles. The lowest BCUT2D eigenvalue weighted by Gasteiger charge is -2.35. The van der Waals surface area contributed by atoms with Crippen LogP contribution in [0, 0.1) is 5.92 Å². The molecule has 0 spiro atoms. The summed E-state index contributed by atoms with van der Waals surface area (Å²) in [5.74, 6) is -0.993. The molecular formula is C14H22O6. The number of aliphatic hydroxyl groups is 2. The van der Waals surface area contributed by atoms with Gasteiger partial charge in [-0.3, -0.25) is 4.79 Å². The van der Waals surface area contributed by atoms with Crippen molar-refractivity contribution >= 4 is 11.9 Å². The van der Waals surface area contributed by atoms with E-state index in [1.165, 1.54) is 6.92 Å². The third kappa shape index (κ3) is 4.94. The van der Waals surface area contributed by atoms with Crippen molar-refractivity contribution < 1.29 is 29.3 Å². The van der Waals surface area contributed by atoms with E-state index < -0.39 is 30.3 Å². The second-order valence-corrected chi connectivity index (χ2v) is 5.33. The van der Waals surface area contributed by atoms with Crippen molar-refractivity contribution in [3.05, 3.63) is 12.2 Å². The number of rotatable bonds is 5. The standard InChI is InChI=1S/C14H22O6/c1-8(2)14(18)19-5-4-12(17)20-13-10(15)6-9(3)7-11(13)16/h9-11,13,15-16H,1,4-7H2,2-3H3. The molecule has 6 nitrogen and oxygen atoms in total. The molecule has 2 atom stereocenters. The summed E-state index contributed by atoms with van der Waals surface area (Å²) in [5.41, 5.74) is 0.255. The van der Waals surface area contributed by atoms with E-state index >= 15 is 0 Å². The van der Waals surface area contributed by atoms with Gasteiger partial charge in [-0.25, -0.2) is 4.79 Å². The summed E-state index contributed by atoms with van der Waals surface area (Å²) >= 11 is 0. The highest BCUT2D eigenvalue weighted by Gasteiger charge is 2.37. The molecule has 0 heterocycles. The van der Waals surface area contributed by atoms with Gasteiger partial charge in [-0.05, 0) is 25.7 Å². The maximum atomic E-state index is 11.6. The SMILES string of the molecule is C=C(C)C(=O)OCCC(=O)OC1C(O)CC(C)CC1O. The Kier molecular flexibility index (Phi) is 6.16. The van der Waals surface area contributed by atoms with Crippen LogP contribution in [0.1, 0.15) is 33.1 Å². The molecule has 0 saturated heterocycles. The normalized spacial score (nSPS) is 29.6. The van der Waals surface area contributed by atoms with E-state index in [9.17, 15) is 19.8 Å². The van der Waals surface area contributed by atoms with Crippen LogP contribution in [0.3, 0.4) is 0 Å². The molecule has 1 aliphatic rings. The van der Waals surface area contributed by atoms with Crippen LogP contribution in [0.15, 0.2) is 12.2 Å². The maximum absolute atomic E-state index is 11.6. The van der Waals surface area contributed by atoms with Gasteiger partial charge in [-0.1, -0.05) is 13.5 Å². The summed E-state index contributed by atoms with van der Waals surface area (Å²) in [6.07, 6.45) is -1.79. The third-order valence-electron chi connectivity index (χ3n) is 3.20. The highest BCUT2D eigenvalue weighted by atomic mass is 16.6. The molecule has 0 amide bonds. The first-order valence-electron chi connectivity index (χ1n) is 6.69. The van der Waals surface area contributed by atoms with Gasteiger partial charge in [0.2, 0.25) is 0 Å². The predicted molar refractivity (Wildman–Crippen MR) is 70.7 cm³/mol. The lowest BCUT2D eigenvalue weighted by Crippen LogP contribution is -2.46. The van der Waals surface area contributed by atoms with Gasteiger partial charge in [-0.2, -0.15) is 0 Å². The van der Waals surface area contributed by atoms with E-state index in [0.29, 0.717) is 12.8 Å². The Balaban J connectivity index is 2.34. The number of hydrogen-bond donors (Lipinski definition) is 2. The average molecular weight is 286 g/mol. The maximum Gasteiger partial charge on any atom is 0.333 e. The van der Waals surface area contributed by atoms with Gasteiger partial charge < -0.3 is 19.7 Å². The zero-order valence-electron chi connectivity index (χ0n) is 11.9. The monoisotopic (exact) mass is 286 g/mol. The van der Waals surface area contributed by atoms with Gasteiger partial charge in [0.15, 0.2) is 6.10 Å². The van der Waals surface area contributed by atoms with Crippen LogP contribution in [-0.4, -0.2) is 47.1 Å². The van der Waals surface area contributed by atoms with Gasteiger partial charge in [0.05, 0.1) is 18.6 Å². The molecule has 2 N–H and O–H groups in total. The first kappa shape index (κ1) is 16.7. The second kappa shape index (κ2) is 7.40. The van der Waals surface area contributed by atoms with Gasteiger partial charge in [-0.15, -0.1) is 0 Å². The molecule has 20 heavy (non-hydrogen) atoms. The third-order valence-corrected chi connectivity index (χ3v) is 3.20. The molecule has 1 rings (SSSR count). The van der Waals surface area contributed by atoms with Crippen LogP contribution < -0.4 is 0 Å². The number of carbonyl (C=O) groups excluding carboxylic acids is 2. The zero-order valence-corrected chi connectivity index (χ0v) is 11.9. The lowest BCUT2D eigenvalue weighted by molar-refractivity contribution is -0.173. The molecule has 1 aliphatic carbocycles. The Hall–Kier alpha value is -1.40. The van der Waals surface area contributed by atoms with Crippen molar-refractivity contribution in [2.24, 2.45) is 5.92 Å². The molecule has 6 heteroatoms. The van der Waals surface area contributed by atoms with Gasteiger partial charge in [0, 0.05) is 5.57 Å². The minimum absolute atomic E-state index is 0.111. The predicted octanol–water partition coefficient (Wildman–Crippen LogP) is 0.559. The van der Waals surface area contributed by atoms with Gasteiger partial charge in [0.25, 0.3) is 0 Å². The van der Waals surface area contributed by atoms with E-state index in [-0.39, 0.29) is 24.5 Å². The molecule has 0 bridgehead atoms. The summed E-state index contributed by atoms with van der Waals surface area (Å²) in [4.78, 5) is 22.7. The minimum atomic E-state index is -0.907. The summed E-state index contributed by atoms with van der Waals surface area (Å²) < 4.78 is 9.82. The lowest BCUT2D eigenvalue weighted by atomic mass is 9.84. The first-order chi connectivity index (χ1) is 9.31. The van der Waals surface area contributed by atoms with E-state index in [0.717, 1.165) is 0 Å². The van der Waals surface area contributed by atoms with Crippen molar-refractivity contribution in [3.63, 3.8) is 0 Å². The van der Waals surface area contributed by atoms with Crippen LogP contribution in [0.25, 0.3) is 0 Å². The molecule has 0 aromatic heterocycles. The molecule has 0 aliphatic heterocycles. The summed E-state index contributed by atoms with van der Waals surface area (Å²) in [5, 5.41) is 19.6. The fourth-order valence-electron chi connectivity index (χ4n) is 2.16. The van der Waals surface area contributed by atoms with E-state index in [1.807, 2.05) is 6.92 Å². The smallest absolute Gasteiger partial charge is 0.333 e. The summed E-state index contributed by atoms with van der Waals surface area (Å²) in [7, 11) is 0. The number of aliphatic hydroxyl groups excluding tert-OH is 2. The number of carbonyl (C=O) groups is 2. The molecule has 0 radical (unpaired) electrons. The quantitative estimate of drug-likeness (QED) is 0.566. The average Bonchev–Trinajstić information content (AvgIpc) is 2.33. The fourth-order valence-corrected chi connectivity index (χ4v) is 2.16. The number of ether oxygens (including phenoxy) is 2. The van der Waals surface area contributed by atoms with Crippen LogP contribution in [0.2, 0.25) is 0 Å². The topological polar surface area (TPSA) is 93.1 Å². The Bertz CT molecular complexity index is 366. The van der Waals surface area contributed by atoms with Crippen molar-refractivity contribution in [1.29, 1.82) is 0 Å². The molecule has 114 valence electrons. The van der Waals surface area contributed by atoms with Crippen LogP contribution in [0.4, 0.5) is 0 Å². The number of hydrogen-bond acceptors (Lipinski definition) is 6. The zero-order chi connectivity index (χ0) is 15.3. The van der Waals surface area contributed by atoms with Crippen molar-refractivity contribution in [2.75, 3.05) is 6.61 Å². The Morgan fingerprint density at radius 3 is 2.30 bits per heavy atom. The summed E-state index contributed by atoms with van der Waals surface area (Å²) in [6, 6.07) is 0. The Labute approximate surface area is 118 Å². The molecular weight excluding hydrogens is 264 g/mol. The largest absolute Gasteiger partial charge is 0.462 e. The highest BCUT2D eigenvalue weighted by molar-refractivity contribution is 5.87. The van der Waals surface area contributed by atoms with Crippen molar-refractivity contribution in [2.45, 2.75) is 51.4 Å². The molecule has 0 aromatic rings. The van der Waals surface area contributed by atoms with Crippen molar-refractivity contribution in [1.82, 2.24) is 0 Å². The molecule has 1 fully saturated rings. The van der Waals surface area contributed by atoms with Crippen LogP contribution in [-0.2, 0) is 19.1 Å². The highest BCUT2D eigenvalue weighted by Crippen LogP contribution is 2.26. The first-order valence-corrected chi connectivity index (χ1v) is 6.69. The van der Waals surface area contributed by atoms with Gasteiger partial charge in [0.1, 0.15) is 6.61 Å². The Morgan fingerprint density at radius 1 is 1.25 bits per heavy atom. The van der Waals surface area contributed by atoms with Crippen molar-refractivity contribution in [3.8, 4) is 0 Å². The van der Waals surface area contributed by atoms with Crippen LogP contribution >= 0.6 is 0 Å². The molecule has 0 aromatic carbocycles. The molecule has 2 unspecified atom stereocenters. The van der Waals surface area contributed by atoms with E-state index in [4.69, 9.17) is 9.47 Å². The minimum Gasteiger partial charge on any atom is -0.462 e. The number of esters is 2. The van der Waals surface area contributed by atoms with E-state index in [1.54, 1.807) is 0 Å². The summed E-state index contributed by atoms with van der Waals surface area (Å²) in [6.45, 7) is 6.73.